The van der Waals surface area contributed by atoms with Crippen molar-refractivity contribution in [3.05, 3.63) is 0 Å². The topological polar surface area (TPSA) is 58.1 Å². The van der Waals surface area contributed by atoms with E-state index in [0.717, 1.165) is 71.3 Å². The fourth-order valence-corrected chi connectivity index (χ4v) is 1.77. The van der Waals surface area contributed by atoms with Crippen LogP contribution in [0, 0.1) is 0 Å². The molecule has 0 saturated heterocycles. The van der Waals surface area contributed by atoms with E-state index in [0.29, 0.717) is 0 Å². The van der Waals surface area contributed by atoms with E-state index < -0.39 is 0 Å². The Kier molecular flexibility index (Phi) is 21.8. The molecule has 0 atom stereocenters. The highest BCUT2D eigenvalue weighted by Crippen LogP contribution is 1.90. The summed E-state index contributed by atoms with van der Waals surface area (Å²) in [6.45, 7) is 11.1. The molecule has 7 heteroatoms. The lowest BCUT2D eigenvalue weighted by atomic mass is 10.4. The van der Waals surface area contributed by atoms with Crippen LogP contribution < -0.4 is 10.6 Å². The van der Waals surface area contributed by atoms with Gasteiger partial charge in [0.1, 0.15) is 0 Å². The molecule has 0 unspecified atom stereocenters. The molecular weight excluding hydrogens is 407 g/mol. The highest BCUT2D eigenvalue weighted by molar-refractivity contribution is 14.0. The highest BCUT2D eigenvalue weighted by Gasteiger charge is 2.00. The minimum atomic E-state index is 0. The molecule has 0 aliphatic rings. The molecule has 23 heavy (non-hydrogen) atoms. The molecule has 0 radical (unpaired) electrons. The maximum absolute atomic E-state index is 5.54. The molecule has 0 bridgehead atoms. The summed E-state index contributed by atoms with van der Waals surface area (Å²) in [4.78, 5) is 6.80. The molecular formula is C16H37IN4O2. The summed E-state index contributed by atoms with van der Waals surface area (Å²) in [5.41, 5.74) is 0. The van der Waals surface area contributed by atoms with Crippen molar-refractivity contribution in [3.8, 4) is 0 Å². The van der Waals surface area contributed by atoms with E-state index >= 15 is 0 Å². The Labute approximate surface area is 159 Å². The van der Waals surface area contributed by atoms with Gasteiger partial charge < -0.3 is 25.0 Å². The lowest BCUT2D eigenvalue weighted by Gasteiger charge is -2.17. The molecule has 2 N–H and O–H groups in total. The van der Waals surface area contributed by atoms with E-state index in [1.807, 2.05) is 0 Å². The Morgan fingerprint density at radius 3 is 2.43 bits per heavy atom. The first kappa shape index (κ1) is 25.1. The van der Waals surface area contributed by atoms with E-state index in [1.54, 1.807) is 7.11 Å². The summed E-state index contributed by atoms with van der Waals surface area (Å²) in [7, 11) is 3.83. The van der Waals surface area contributed by atoms with Gasteiger partial charge in [-0.05, 0) is 26.8 Å². The predicted octanol–water partition coefficient (Wildman–Crippen LogP) is 1.94. The molecule has 0 aromatic carbocycles. The van der Waals surface area contributed by atoms with Gasteiger partial charge in [0.2, 0.25) is 0 Å². The molecule has 0 spiro atoms. The molecule has 0 fully saturated rings. The number of ether oxygens (including phenoxy) is 2. The zero-order valence-corrected chi connectivity index (χ0v) is 17.7. The second-order valence-electron chi connectivity index (χ2n) is 5.30. The van der Waals surface area contributed by atoms with Gasteiger partial charge in [-0.2, -0.15) is 0 Å². The fraction of sp³-hybridized carbons (Fsp3) is 0.938. The van der Waals surface area contributed by atoms with Crippen LogP contribution in [0.1, 0.15) is 33.1 Å². The van der Waals surface area contributed by atoms with Gasteiger partial charge in [-0.1, -0.05) is 13.3 Å². The number of aliphatic imine (C=N–C) groups is 1. The number of methoxy groups -OCH3 is 1. The second kappa shape index (κ2) is 19.9. The van der Waals surface area contributed by atoms with Crippen molar-refractivity contribution < 1.29 is 9.47 Å². The van der Waals surface area contributed by atoms with Crippen LogP contribution in [-0.2, 0) is 9.47 Å². The Balaban J connectivity index is 0. The normalized spacial score (nSPS) is 11.4. The first-order valence-electron chi connectivity index (χ1n) is 8.52. The molecule has 0 aliphatic heterocycles. The third kappa shape index (κ3) is 18.1. The Morgan fingerprint density at radius 1 is 1.04 bits per heavy atom. The maximum atomic E-state index is 5.54. The van der Waals surface area contributed by atoms with Crippen LogP contribution in [0.2, 0.25) is 0 Å². The molecule has 0 heterocycles. The SMILES string of the molecule is CCCCOCCCN=C(NCC)NCCN(C)CCOC.I. The summed E-state index contributed by atoms with van der Waals surface area (Å²) in [6, 6.07) is 0. The molecule has 140 valence electrons. The Bertz CT molecular complexity index is 268. The largest absolute Gasteiger partial charge is 0.383 e. The van der Waals surface area contributed by atoms with Crippen molar-refractivity contribution in [1.29, 1.82) is 0 Å². The summed E-state index contributed by atoms with van der Waals surface area (Å²) >= 11 is 0. The van der Waals surface area contributed by atoms with Crippen LogP contribution in [0.25, 0.3) is 0 Å². The van der Waals surface area contributed by atoms with Gasteiger partial charge in [-0.25, -0.2) is 0 Å². The van der Waals surface area contributed by atoms with Crippen molar-refractivity contribution >= 4 is 29.9 Å². The zero-order valence-electron chi connectivity index (χ0n) is 15.4. The average molecular weight is 444 g/mol. The zero-order chi connectivity index (χ0) is 16.5. The number of hydrogen-bond donors (Lipinski definition) is 2. The molecule has 0 aromatic heterocycles. The van der Waals surface area contributed by atoms with Gasteiger partial charge in [-0.3, -0.25) is 4.99 Å². The number of guanidine groups is 1. The molecule has 0 aromatic rings. The van der Waals surface area contributed by atoms with Crippen molar-refractivity contribution in [2.45, 2.75) is 33.1 Å². The van der Waals surface area contributed by atoms with Gasteiger partial charge in [0.05, 0.1) is 6.61 Å². The first-order chi connectivity index (χ1) is 10.7. The highest BCUT2D eigenvalue weighted by atomic mass is 127. The van der Waals surface area contributed by atoms with Crippen LogP contribution in [0.5, 0.6) is 0 Å². The van der Waals surface area contributed by atoms with Crippen LogP contribution in [-0.4, -0.2) is 77.6 Å². The predicted molar refractivity (Wildman–Crippen MR) is 109 cm³/mol. The van der Waals surface area contributed by atoms with Gasteiger partial charge in [0.25, 0.3) is 0 Å². The number of likely N-dealkylation sites (N-methyl/N-ethyl adjacent to an activating group) is 1. The molecule has 0 amide bonds. The monoisotopic (exact) mass is 444 g/mol. The lowest BCUT2D eigenvalue weighted by molar-refractivity contribution is 0.130. The minimum Gasteiger partial charge on any atom is -0.383 e. The molecule has 0 rings (SSSR count). The molecule has 0 saturated carbocycles. The van der Waals surface area contributed by atoms with Crippen LogP contribution >= 0.6 is 24.0 Å². The number of halogens is 1. The summed E-state index contributed by atoms with van der Waals surface area (Å²) in [5.74, 6) is 0.885. The maximum Gasteiger partial charge on any atom is 0.191 e. The van der Waals surface area contributed by atoms with E-state index in [9.17, 15) is 0 Å². The minimum absolute atomic E-state index is 0. The van der Waals surface area contributed by atoms with Gasteiger partial charge in [0.15, 0.2) is 5.96 Å². The summed E-state index contributed by atoms with van der Waals surface area (Å²) in [6.07, 6.45) is 3.30. The van der Waals surface area contributed by atoms with E-state index in [1.165, 1.54) is 6.42 Å². The number of nitrogens with one attached hydrogen (secondary N) is 2. The number of rotatable bonds is 14. The smallest absolute Gasteiger partial charge is 0.191 e. The van der Waals surface area contributed by atoms with Gasteiger partial charge in [0, 0.05) is 53.0 Å². The van der Waals surface area contributed by atoms with Crippen molar-refractivity contribution in [3.63, 3.8) is 0 Å². The van der Waals surface area contributed by atoms with E-state index in [-0.39, 0.29) is 24.0 Å². The van der Waals surface area contributed by atoms with E-state index in [2.05, 4.69) is 41.4 Å². The second-order valence-corrected chi connectivity index (χ2v) is 5.30. The van der Waals surface area contributed by atoms with Crippen LogP contribution in [0.3, 0.4) is 0 Å². The van der Waals surface area contributed by atoms with Crippen molar-refractivity contribution in [1.82, 2.24) is 15.5 Å². The Morgan fingerprint density at radius 2 is 1.78 bits per heavy atom. The van der Waals surface area contributed by atoms with Gasteiger partial charge >= 0.3 is 0 Å². The number of nitrogens with zero attached hydrogens (tertiary/aromatic N) is 2. The Hall–Kier alpha value is -0.120. The van der Waals surface area contributed by atoms with E-state index in [4.69, 9.17) is 9.47 Å². The average Bonchev–Trinajstić information content (AvgIpc) is 2.52. The standard InChI is InChI=1S/C16H36N4O2.HI/c1-5-7-13-22-14-8-9-18-16(17-6-2)19-10-11-20(3)12-15-21-4;/h5-15H2,1-4H3,(H2,17,18,19);1H. The van der Waals surface area contributed by atoms with Crippen LogP contribution in [0.15, 0.2) is 4.99 Å². The third-order valence-electron chi connectivity index (χ3n) is 3.17. The summed E-state index contributed by atoms with van der Waals surface area (Å²) < 4.78 is 10.6. The van der Waals surface area contributed by atoms with Gasteiger partial charge in [-0.15, -0.1) is 24.0 Å². The fourth-order valence-electron chi connectivity index (χ4n) is 1.77. The van der Waals surface area contributed by atoms with Crippen molar-refractivity contribution in [2.75, 3.05) is 66.7 Å². The number of unbranched alkanes of at least 4 members (excludes halogenated alkanes) is 1. The molecule has 6 nitrogen and oxygen atoms in total. The number of hydrogen-bond acceptors (Lipinski definition) is 4. The lowest BCUT2D eigenvalue weighted by Crippen LogP contribution is -2.41. The molecule has 0 aliphatic carbocycles. The third-order valence-corrected chi connectivity index (χ3v) is 3.17. The van der Waals surface area contributed by atoms with Crippen LogP contribution in [0.4, 0.5) is 0 Å². The quantitative estimate of drug-likeness (QED) is 0.186. The summed E-state index contributed by atoms with van der Waals surface area (Å²) in [5, 5.41) is 6.62. The first-order valence-corrected chi connectivity index (χ1v) is 8.52. The van der Waals surface area contributed by atoms with Crippen molar-refractivity contribution in [2.24, 2.45) is 4.99 Å².